The molecule has 0 atom stereocenters. The van der Waals surface area contributed by atoms with E-state index in [2.05, 4.69) is 5.32 Å². The number of amides is 2. The molecule has 2 aromatic rings. The maximum Gasteiger partial charge on any atom is 0.270 e. The van der Waals surface area contributed by atoms with Gasteiger partial charge in [-0.1, -0.05) is 18.2 Å². The van der Waals surface area contributed by atoms with Gasteiger partial charge >= 0.3 is 0 Å². The van der Waals surface area contributed by atoms with E-state index in [0.717, 1.165) is 31.5 Å². The van der Waals surface area contributed by atoms with Gasteiger partial charge in [0.15, 0.2) is 0 Å². The van der Waals surface area contributed by atoms with Crippen LogP contribution < -0.4 is 5.32 Å². The van der Waals surface area contributed by atoms with Crippen LogP contribution in [0.4, 0.5) is 11.4 Å². The van der Waals surface area contributed by atoms with Gasteiger partial charge in [-0.05, 0) is 36.6 Å². The lowest BCUT2D eigenvalue weighted by Crippen LogP contribution is -2.29. The van der Waals surface area contributed by atoms with Gasteiger partial charge in [0.2, 0.25) is 5.91 Å². The van der Waals surface area contributed by atoms with Crippen molar-refractivity contribution < 1.29 is 14.5 Å². The Bertz CT molecular complexity index is 827. The number of anilines is 1. The lowest BCUT2D eigenvalue weighted by Gasteiger charge is -2.15. The summed E-state index contributed by atoms with van der Waals surface area (Å²) in [6.07, 6.45) is 2.47. The molecule has 2 aromatic carbocycles. The zero-order valence-corrected chi connectivity index (χ0v) is 14.2. The number of likely N-dealkylation sites (tertiary alicyclic amines) is 1. The number of nitrogens with one attached hydrogen (secondary N) is 1. The highest BCUT2D eigenvalue weighted by atomic mass is 16.6. The second kappa shape index (κ2) is 7.77. The van der Waals surface area contributed by atoms with Gasteiger partial charge in [0.1, 0.15) is 0 Å². The minimum atomic E-state index is -0.539. The molecule has 1 aliphatic heterocycles. The number of benzene rings is 2. The van der Waals surface area contributed by atoms with Crippen molar-refractivity contribution >= 4 is 23.2 Å². The van der Waals surface area contributed by atoms with Crippen LogP contribution in [0.5, 0.6) is 0 Å². The normalized spacial score (nSPS) is 13.5. The van der Waals surface area contributed by atoms with Crippen LogP contribution in [0.3, 0.4) is 0 Å². The van der Waals surface area contributed by atoms with Crippen LogP contribution in [0.1, 0.15) is 28.8 Å². The first-order chi connectivity index (χ1) is 12.5. The Labute approximate surface area is 150 Å². The first kappa shape index (κ1) is 17.6. The third kappa shape index (κ3) is 4.24. The maximum atomic E-state index is 12.2. The molecular formula is C19H19N3O4. The van der Waals surface area contributed by atoms with Crippen molar-refractivity contribution in [3.63, 3.8) is 0 Å². The number of hydrogen-bond acceptors (Lipinski definition) is 4. The first-order valence-electron chi connectivity index (χ1n) is 8.45. The molecule has 7 nitrogen and oxygen atoms in total. The van der Waals surface area contributed by atoms with Gasteiger partial charge in [-0.2, -0.15) is 0 Å². The van der Waals surface area contributed by atoms with E-state index in [1.807, 2.05) is 4.90 Å². The van der Waals surface area contributed by atoms with Crippen molar-refractivity contribution in [2.75, 3.05) is 18.4 Å². The fourth-order valence-corrected chi connectivity index (χ4v) is 2.92. The van der Waals surface area contributed by atoms with E-state index in [9.17, 15) is 19.7 Å². The number of hydrogen-bond donors (Lipinski definition) is 1. The Kier molecular flexibility index (Phi) is 5.26. The van der Waals surface area contributed by atoms with E-state index < -0.39 is 10.8 Å². The predicted octanol–water partition coefficient (Wildman–Crippen LogP) is 3.01. The van der Waals surface area contributed by atoms with Crippen LogP contribution in [0.25, 0.3) is 0 Å². The lowest BCUT2D eigenvalue weighted by atomic mass is 10.1. The Morgan fingerprint density at radius 3 is 2.42 bits per heavy atom. The zero-order valence-electron chi connectivity index (χ0n) is 14.2. The molecule has 1 heterocycles. The molecule has 26 heavy (non-hydrogen) atoms. The van der Waals surface area contributed by atoms with Crippen LogP contribution >= 0.6 is 0 Å². The summed E-state index contributed by atoms with van der Waals surface area (Å²) < 4.78 is 0. The molecule has 1 N–H and O–H groups in total. The number of nitro groups is 1. The largest absolute Gasteiger partial charge is 0.342 e. The summed E-state index contributed by atoms with van der Waals surface area (Å²) in [6, 6.07) is 12.6. The van der Waals surface area contributed by atoms with Gasteiger partial charge in [-0.25, -0.2) is 0 Å². The van der Waals surface area contributed by atoms with Crippen molar-refractivity contribution in [2.24, 2.45) is 0 Å². The molecule has 0 aliphatic carbocycles. The van der Waals surface area contributed by atoms with Crippen LogP contribution in [0.15, 0.2) is 48.5 Å². The zero-order chi connectivity index (χ0) is 18.5. The van der Waals surface area contributed by atoms with Gasteiger partial charge in [-0.3, -0.25) is 19.7 Å². The maximum absolute atomic E-state index is 12.2. The fourth-order valence-electron chi connectivity index (χ4n) is 2.92. The Morgan fingerprint density at radius 1 is 1.08 bits per heavy atom. The Hall–Kier alpha value is -3.22. The first-order valence-corrected chi connectivity index (χ1v) is 8.45. The van der Waals surface area contributed by atoms with E-state index in [1.54, 1.807) is 24.3 Å². The van der Waals surface area contributed by atoms with E-state index in [4.69, 9.17) is 0 Å². The topological polar surface area (TPSA) is 92.6 Å². The molecule has 1 fully saturated rings. The van der Waals surface area contributed by atoms with Crippen LogP contribution in [-0.2, 0) is 11.2 Å². The second-order valence-electron chi connectivity index (χ2n) is 6.22. The SMILES string of the molecule is O=C(Nc1ccc(CC(=O)N2CCCC2)cc1)c1cccc([N+](=O)[O-])c1. The number of nitro benzene ring substituents is 1. The quantitative estimate of drug-likeness (QED) is 0.660. The lowest BCUT2D eigenvalue weighted by molar-refractivity contribution is -0.384. The molecule has 0 saturated carbocycles. The average Bonchev–Trinajstić information content (AvgIpc) is 3.18. The molecule has 0 radical (unpaired) electrons. The van der Waals surface area contributed by atoms with Gasteiger partial charge < -0.3 is 10.2 Å². The minimum absolute atomic E-state index is 0.121. The summed E-state index contributed by atoms with van der Waals surface area (Å²) in [4.78, 5) is 36.5. The van der Waals surface area contributed by atoms with Crippen LogP contribution in [0.2, 0.25) is 0 Å². The van der Waals surface area contributed by atoms with E-state index in [1.165, 1.54) is 24.3 Å². The Balaban J connectivity index is 1.61. The van der Waals surface area contributed by atoms with Gasteiger partial charge in [0.05, 0.1) is 11.3 Å². The number of non-ortho nitro benzene ring substituents is 1. The molecule has 1 aliphatic rings. The van der Waals surface area contributed by atoms with Gasteiger partial charge in [0.25, 0.3) is 11.6 Å². The van der Waals surface area contributed by atoms with Crippen molar-refractivity contribution in [3.05, 3.63) is 69.8 Å². The highest BCUT2D eigenvalue weighted by Gasteiger charge is 2.18. The standard InChI is InChI=1S/C19H19N3O4/c23-18(21-10-1-2-11-21)12-14-6-8-16(9-7-14)20-19(24)15-4-3-5-17(13-15)22(25)26/h3-9,13H,1-2,10-12H2,(H,20,24). The summed E-state index contributed by atoms with van der Waals surface area (Å²) in [5, 5.41) is 13.5. The molecule has 0 spiro atoms. The fraction of sp³-hybridized carbons (Fsp3) is 0.263. The summed E-state index contributed by atoms with van der Waals surface area (Å²) in [5.74, 6) is -0.300. The van der Waals surface area contributed by atoms with Crippen molar-refractivity contribution in [2.45, 2.75) is 19.3 Å². The molecule has 134 valence electrons. The van der Waals surface area contributed by atoms with E-state index >= 15 is 0 Å². The average molecular weight is 353 g/mol. The smallest absolute Gasteiger partial charge is 0.270 e. The number of rotatable bonds is 5. The monoisotopic (exact) mass is 353 g/mol. The molecule has 0 bridgehead atoms. The molecule has 2 amide bonds. The van der Waals surface area contributed by atoms with E-state index in [0.29, 0.717) is 12.1 Å². The molecule has 0 aromatic heterocycles. The minimum Gasteiger partial charge on any atom is -0.342 e. The Morgan fingerprint density at radius 2 is 1.77 bits per heavy atom. The molecule has 0 unspecified atom stereocenters. The van der Waals surface area contributed by atoms with Crippen molar-refractivity contribution in [1.82, 2.24) is 4.90 Å². The third-order valence-corrected chi connectivity index (χ3v) is 4.35. The van der Waals surface area contributed by atoms with Crippen molar-refractivity contribution in [3.8, 4) is 0 Å². The van der Waals surface area contributed by atoms with Crippen molar-refractivity contribution in [1.29, 1.82) is 0 Å². The van der Waals surface area contributed by atoms with Gasteiger partial charge in [0, 0.05) is 36.5 Å². The molecular weight excluding hydrogens is 334 g/mol. The highest BCUT2D eigenvalue weighted by Crippen LogP contribution is 2.17. The highest BCUT2D eigenvalue weighted by molar-refractivity contribution is 6.04. The number of carbonyl (C=O) groups is 2. The molecule has 1 saturated heterocycles. The number of nitrogens with zero attached hydrogens (tertiary/aromatic N) is 2. The summed E-state index contributed by atoms with van der Waals surface area (Å²) in [7, 11) is 0. The van der Waals surface area contributed by atoms with E-state index in [-0.39, 0.29) is 17.2 Å². The molecule has 3 rings (SSSR count). The van der Waals surface area contributed by atoms with Crippen LogP contribution in [-0.4, -0.2) is 34.7 Å². The molecule has 7 heteroatoms. The van der Waals surface area contributed by atoms with Crippen LogP contribution in [0, 0.1) is 10.1 Å². The second-order valence-corrected chi connectivity index (χ2v) is 6.22. The summed E-state index contributed by atoms with van der Waals surface area (Å²) in [6.45, 7) is 1.66. The third-order valence-electron chi connectivity index (χ3n) is 4.35. The van der Waals surface area contributed by atoms with Gasteiger partial charge in [-0.15, -0.1) is 0 Å². The number of carbonyl (C=O) groups excluding carboxylic acids is 2. The summed E-state index contributed by atoms with van der Waals surface area (Å²) >= 11 is 0. The predicted molar refractivity (Wildman–Crippen MR) is 97.0 cm³/mol. The summed E-state index contributed by atoms with van der Waals surface area (Å²) in [5.41, 5.74) is 1.54.